The number of carbonyl (C=O) groups excluding carboxylic acids is 1. The first-order valence-electron chi connectivity index (χ1n) is 5.20. The Morgan fingerprint density at radius 2 is 1.50 bits per heavy atom. The van der Waals surface area contributed by atoms with E-state index in [9.17, 15) is 4.79 Å². The Morgan fingerprint density at radius 3 is 1.71 bits per heavy atom. The second-order valence-electron chi connectivity index (χ2n) is 5.09. The van der Waals surface area contributed by atoms with E-state index in [2.05, 4.69) is 26.2 Å². The SMILES string of the molecule is CC.CC(C)(C)CC(C)(C)C(=O)NN. The third-order valence-electron chi connectivity index (χ3n) is 1.72. The van der Waals surface area contributed by atoms with Crippen molar-refractivity contribution in [2.75, 3.05) is 0 Å². The van der Waals surface area contributed by atoms with Crippen LogP contribution in [0.2, 0.25) is 0 Å². The minimum atomic E-state index is -0.382. The van der Waals surface area contributed by atoms with Crippen LogP contribution in [0.3, 0.4) is 0 Å². The number of amides is 1. The summed E-state index contributed by atoms with van der Waals surface area (Å²) in [7, 11) is 0. The Hall–Kier alpha value is -0.570. The Bertz CT molecular complexity index is 169. The predicted octanol–water partition coefficient (Wildman–Crippen LogP) is 2.46. The van der Waals surface area contributed by atoms with Gasteiger partial charge in [0.25, 0.3) is 0 Å². The first-order valence-corrected chi connectivity index (χ1v) is 5.20. The first-order chi connectivity index (χ1) is 6.19. The van der Waals surface area contributed by atoms with Gasteiger partial charge in [-0.1, -0.05) is 48.5 Å². The summed E-state index contributed by atoms with van der Waals surface area (Å²) in [5, 5.41) is 0. The van der Waals surface area contributed by atoms with Crippen LogP contribution in [0.15, 0.2) is 0 Å². The predicted molar refractivity (Wildman–Crippen MR) is 61.5 cm³/mol. The zero-order valence-corrected chi connectivity index (χ0v) is 10.7. The molecule has 0 aliphatic carbocycles. The van der Waals surface area contributed by atoms with Crippen LogP contribution in [0.4, 0.5) is 0 Å². The highest BCUT2D eigenvalue weighted by molar-refractivity contribution is 5.81. The monoisotopic (exact) mass is 202 g/mol. The Balaban J connectivity index is 0. The van der Waals surface area contributed by atoms with Crippen molar-refractivity contribution in [3.8, 4) is 0 Å². The number of rotatable bonds is 2. The third-order valence-corrected chi connectivity index (χ3v) is 1.72. The molecular weight excluding hydrogens is 176 g/mol. The molecule has 0 bridgehead atoms. The van der Waals surface area contributed by atoms with Gasteiger partial charge in [0.05, 0.1) is 0 Å². The van der Waals surface area contributed by atoms with E-state index in [1.165, 1.54) is 0 Å². The molecule has 0 atom stereocenters. The van der Waals surface area contributed by atoms with E-state index in [0.29, 0.717) is 0 Å². The lowest BCUT2D eigenvalue weighted by atomic mass is 9.76. The molecule has 0 fully saturated rings. The van der Waals surface area contributed by atoms with E-state index in [0.717, 1.165) is 6.42 Å². The van der Waals surface area contributed by atoms with E-state index in [-0.39, 0.29) is 16.7 Å². The number of hydrogen-bond acceptors (Lipinski definition) is 2. The summed E-state index contributed by atoms with van der Waals surface area (Å²) in [5.41, 5.74) is 1.96. The highest BCUT2D eigenvalue weighted by Gasteiger charge is 2.31. The van der Waals surface area contributed by atoms with Crippen molar-refractivity contribution < 1.29 is 4.79 Å². The van der Waals surface area contributed by atoms with Crippen molar-refractivity contribution in [1.29, 1.82) is 0 Å². The molecule has 0 aliphatic rings. The Morgan fingerprint density at radius 1 is 1.14 bits per heavy atom. The molecule has 3 nitrogen and oxygen atoms in total. The van der Waals surface area contributed by atoms with Crippen molar-refractivity contribution >= 4 is 5.91 Å². The molecule has 3 heteroatoms. The van der Waals surface area contributed by atoms with Gasteiger partial charge in [0.1, 0.15) is 0 Å². The van der Waals surface area contributed by atoms with Crippen molar-refractivity contribution in [2.24, 2.45) is 16.7 Å². The molecule has 0 rings (SSSR count). The van der Waals surface area contributed by atoms with Gasteiger partial charge < -0.3 is 0 Å². The molecule has 0 aliphatic heterocycles. The molecule has 1 amide bonds. The number of carbonyl (C=O) groups is 1. The largest absolute Gasteiger partial charge is 0.294 e. The zero-order valence-electron chi connectivity index (χ0n) is 10.7. The number of nitrogens with one attached hydrogen (secondary N) is 1. The second-order valence-corrected chi connectivity index (χ2v) is 5.09. The van der Waals surface area contributed by atoms with Gasteiger partial charge in [-0.2, -0.15) is 0 Å². The summed E-state index contributed by atoms with van der Waals surface area (Å²) >= 11 is 0. The maximum absolute atomic E-state index is 11.3. The van der Waals surface area contributed by atoms with Crippen LogP contribution in [0, 0.1) is 10.8 Å². The normalized spacial score (nSPS) is 11.4. The van der Waals surface area contributed by atoms with E-state index in [1.807, 2.05) is 27.7 Å². The van der Waals surface area contributed by atoms with Crippen LogP contribution in [-0.2, 0) is 4.79 Å². The topological polar surface area (TPSA) is 55.1 Å². The molecule has 0 aromatic rings. The molecule has 0 aromatic carbocycles. The van der Waals surface area contributed by atoms with Crippen molar-refractivity contribution in [2.45, 2.75) is 54.9 Å². The molecule has 0 saturated heterocycles. The van der Waals surface area contributed by atoms with Crippen LogP contribution < -0.4 is 11.3 Å². The molecule has 0 saturated carbocycles. The fraction of sp³-hybridized carbons (Fsp3) is 0.909. The van der Waals surface area contributed by atoms with Crippen LogP contribution in [0.1, 0.15) is 54.9 Å². The van der Waals surface area contributed by atoms with Gasteiger partial charge in [-0.3, -0.25) is 10.2 Å². The fourth-order valence-corrected chi connectivity index (χ4v) is 1.60. The first kappa shape index (κ1) is 15.9. The van der Waals surface area contributed by atoms with Gasteiger partial charge >= 0.3 is 0 Å². The minimum absolute atomic E-state index is 0.0996. The molecule has 0 aromatic heterocycles. The summed E-state index contributed by atoms with van der Waals surface area (Å²) in [5.74, 6) is 4.98. The van der Waals surface area contributed by atoms with Gasteiger partial charge in [0.2, 0.25) is 5.91 Å². The highest BCUT2D eigenvalue weighted by atomic mass is 16.2. The molecule has 0 heterocycles. The van der Waals surface area contributed by atoms with E-state index < -0.39 is 0 Å². The van der Waals surface area contributed by atoms with Gasteiger partial charge in [-0.05, 0) is 11.8 Å². The highest BCUT2D eigenvalue weighted by Crippen LogP contribution is 2.32. The summed E-state index contributed by atoms with van der Waals surface area (Å²) in [6, 6.07) is 0. The molecule has 14 heavy (non-hydrogen) atoms. The van der Waals surface area contributed by atoms with Crippen LogP contribution in [-0.4, -0.2) is 5.91 Å². The smallest absolute Gasteiger partial charge is 0.239 e. The van der Waals surface area contributed by atoms with Gasteiger partial charge in [-0.15, -0.1) is 0 Å². The quantitative estimate of drug-likeness (QED) is 0.410. The zero-order chi connectivity index (χ0) is 12.0. The molecular formula is C11H26N2O. The molecule has 0 unspecified atom stereocenters. The van der Waals surface area contributed by atoms with Crippen molar-refractivity contribution in [1.82, 2.24) is 5.43 Å². The Kier molecular flexibility index (Phi) is 6.82. The Labute approximate surface area is 88.4 Å². The van der Waals surface area contributed by atoms with E-state index in [1.54, 1.807) is 0 Å². The maximum Gasteiger partial charge on any atom is 0.239 e. The average Bonchev–Trinajstić information content (AvgIpc) is 2.02. The van der Waals surface area contributed by atoms with Gasteiger partial charge in [0, 0.05) is 5.41 Å². The number of hydrazine groups is 1. The summed E-state index contributed by atoms with van der Waals surface area (Å²) in [6.45, 7) is 14.1. The molecule has 0 radical (unpaired) electrons. The van der Waals surface area contributed by atoms with Crippen LogP contribution >= 0.6 is 0 Å². The minimum Gasteiger partial charge on any atom is -0.294 e. The number of hydrogen-bond donors (Lipinski definition) is 2. The fourth-order valence-electron chi connectivity index (χ4n) is 1.60. The van der Waals surface area contributed by atoms with E-state index in [4.69, 9.17) is 5.84 Å². The molecule has 86 valence electrons. The van der Waals surface area contributed by atoms with Crippen molar-refractivity contribution in [3.63, 3.8) is 0 Å². The summed E-state index contributed by atoms with van der Waals surface area (Å²) in [6.07, 6.45) is 0.822. The third kappa shape index (κ3) is 6.89. The van der Waals surface area contributed by atoms with Gasteiger partial charge in [-0.25, -0.2) is 5.84 Å². The van der Waals surface area contributed by atoms with Crippen LogP contribution in [0.5, 0.6) is 0 Å². The number of nitrogens with two attached hydrogens (primary N) is 1. The summed E-state index contributed by atoms with van der Waals surface area (Å²) in [4.78, 5) is 11.3. The lowest BCUT2D eigenvalue weighted by Crippen LogP contribution is -2.42. The lowest BCUT2D eigenvalue weighted by Gasteiger charge is -2.30. The van der Waals surface area contributed by atoms with E-state index >= 15 is 0 Å². The van der Waals surface area contributed by atoms with Gasteiger partial charge in [0.15, 0.2) is 0 Å². The molecule has 0 spiro atoms. The molecule has 3 N–H and O–H groups in total. The maximum atomic E-state index is 11.3. The second kappa shape index (κ2) is 6.02. The summed E-state index contributed by atoms with van der Waals surface area (Å²) < 4.78 is 0. The average molecular weight is 202 g/mol. The van der Waals surface area contributed by atoms with Crippen molar-refractivity contribution in [3.05, 3.63) is 0 Å². The lowest BCUT2D eigenvalue weighted by molar-refractivity contribution is -0.130. The van der Waals surface area contributed by atoms with Crippen LogP contribution in [0.25, 0.3) is 0 Å². The standard InChI is InChI=1S/C9H20N2O.C2H6/c1-8(2,3)6-9(4,5)7(12)11-10;1-2/h6,10H2,1-5H3,(H,11,12);1-2H3.